The first-order valence-corrected chi connectivity index (χ1v) is 6.44. The van der Waals surface area contributed by atoms with Crippen LogP contribution in [0.4, 0.5) is 0 Å². The second-order valence-electron chi connectivity index (χ2n) is 2.94. The molecule has 2 N–H and O–H groups in total. The molecule has 0 saturated carbocycles. The van der Waals surface area contributed by atoms with Crippen LogP contribution in [0.1, 0.15) is 24.5 Å². The van der Waals surface area contributed by atoms with Crippen molar-refractivity contribution in [3.63, 3.8) is 0 Å². The van der Waals surface area contributed by atoms with Gasteiger partial charge in [0.25, 0.3) is 0 Å². The van der Waals surface area contributed by atoms with Crippen LogP contribution in [0.15, 0.2) is 5.38 Å². The van der Waals surface area contributed by atoms with Crippen molar-refractivity contribution in [1.29, 1.82) is 0 Å². The Labute approximate surface area is 87.9 Å². The molecule has 74 valence electrons. The Morgan fingerprint density at radius 2 is 2.46 bits per heavy atom. The van der Waals surface area contributed by atoms with E-state index in [4.69, 9.17) is 5.73 Å². The Kier molecular flexibility index (Phi) is 4.77. The van der Waals surface area contributed by atoms with Gasteiger partial charge in [-0.3, -0.25) is 0 Å². The van der Waals surface area contributed by atoms with Gasteiger partial charge in [-0.2, -0.15) is 11.8 Å². The van der Waals surface area contributed by atoms with E-state index in [1.54, 1.807) is 11.3 Å². The summed E-state index contributed by atoms with van der Waals surface area (Å²) in [4.78, 5) is 4.49. The minimum Gasteiger partial charge on any atom is -0.329 e. The van der Waals surface area contributed by atoms with Gasteiger partial charge in [0.15, 0.2) is 0 Å². The Morgan fingerprint density at radius 1 is 1.69 bits per heavy atom. The number of aromatic nitrogens is 1. The molecule has 1 atom stereocenters. The van der Waals surface area contributed by atoms with Crippen LogP contribution >= 0.6 is 23.1 Å². The first-order valence-electron chi connectivity index (χ1n) is 4.51. The highest BCUT2D eigenvalue weighted by atomic mass is 32.2. The SMILES string of the molecule is CCc1nc(CSC(C)CN)cs1. The summed E-state index contributed by atoms with van der Waals surface area (Å²) in [6.45, 7) is 5.03. The molecule has 2 nitrogen and oxygen atoms in total. The van der Waals surface area contributed by atoms with Gasteiger partial charge in [0.2, 0.25) is 0 Å². The van der Waals surface area contributed by atoms with E-state index < -0.39 is 0 Å². The van der Waals surface area contributed by atoms with Crippen LogP contribution < -0.4 is 5.73 Å². The Hall–Kier alpha value is -0.0600. The molecule has 0 aliphatic rings. The average Bonchev–Trinajstić information content (AvgIpc) is 2.61. The van der Waals surface area contributed by atoms with Crippen molar-refractivity contribution in [3.8, 4) is 0 Å². The number of hydrogen-bond donors (Lipinski definition) is 1. The van der Waals surface area contributed by atoms with Gasteiger partial charge in [0, 0.05) is 22.9 Å². The zero-order chi connectivity index (χ0) is 9.68. The molecular weight excluding hydrogens is 200 g/mol. The first kappa shape index (κ1) is 11.0. The minimum atomic E-state index is 0.534. The number of nitrogens with zero attached hydrogens (tertiary/aromatic N) is 1. The van der Waals surface area contributed by atoms with Crippen molar-refractivity contribution < 1.29 is 0 Å². The second kappa shape index (κ2) is 5.62. The van der Waals surface area contributed by atoms with E-state index in [-0.39, 0.29) is 0 Å². The summed E-state index contributed by atoms with van der Waals surface area (Å²) in [5.41, 5.74) is 6.73. The lowest BCUT2D eigenvalue weighted by atomic mass is 10.5. The molecule has 4 heteroatoms. The predicted molar refractivity (Wildman–Crippen MR) is 61.3 cm³/mol. The number of thiazole rings is 1. The van der Waals surface area contributed by atoms with Crippen LogP contribution in [0, 0.1) is 0 Å². The van der Waals surface area contributed by atoms with E-state index >= 15 is 0 Å². The second-order valence-corrected chi connectivity index (χ2v) is 5.31. The van der Waals surface area contributed by atoms with Crippen LogP contribution in [0.2, 0.25) is 0 Å². The fourth-order valence-corrected chi connectivity index (χ4v) is 2.46. The predicted octanol–water partition coefficient (Wildman–Crippen LogP) is 2.29. The molecule has 0 aliphatic carbocycles. The topological polar surface area (TPSA) is 38.9 Å². The van der Waals surface area contributed by atoms with E-state index in [1.807, 2.05) is 11.8 Å². The van der Waals surface area contributed by atoms with Crippen LogP contribution in [0.3, 0.4) is 0 Å². The summed E-state index contributed by atoms with van der Waals surface area (Å²) in [7, 11) is 0. The van der Waals surface area contributed by atoms with Gasteiger partial charge in [0.1, 0.15) is 0 Å². The van der Waals surface area contributed by atoms with E-state index in [0.29, 0.717) is 5.25 Å². The number of thioether (sulfide) groups is 1. The molecule has 1 rings (SSSR count). The Bertz CT molecular complexity index is 248. The molecule has 0 aliphatic heterocycles. The quantitative estimate of drug-likeness (QED) is 0.821. The van der Waals surface area contributed by atoms with Gasteiger partial charge >= 0.3 is 0 Å². The molecule has 0 amide bonds. The van der Waals surface area contributed by atoms with Crippen LogP contribution in [0.5, 0.6) is 0 Å². The van der Waals surface area contributed by atoms with E-state index in [2.05, 4.69) is 24.2 Å². The summed E-state index contributed by atoms with van der Waals surface area (Å²) < 4.78 is 0. The van der Waals surface area contributed by atoms with Crippen molar-refractivity contribution >= 4 is 23.1 Å². The molecular formula is C9H16N2S2. The largest absolute Gasteiger partial charge is 0.329 e. The first-order chi connectivity index (χ1) is 6.26. The zero-order valence-electron chi connectivity index (χ0n) is 8.12. The molecule has 1 unspecified atom stereocenters. The van der Waals surface area contributed by atoms with E-state index in [0.717, 1.165) is 18.7 Å². The van der Waals surface area contributed by atoms with Crippen molar-refractivity contribution in [2.45, 2.75) is 31.3 Å². The lowest BCUT2D eigenvalue weighted by Gasteiger charge is -2.05. The van der Waals surface area contributed by atoms with Crippen molar-refractivity contribution in [2.75, 3.05) is 6.54 Å². The lowest BCUT2D eigenvalue weighted by molar-refractivity contribution is 0.948. The van der Waals surface area contributed by atoms with Crippen molar-refractivity contribution in [1.82, 2.24) is 4.98 Å². The van der Waals surface area contributed by atoms with Crippen molar-refractivity contribution in [2.24, 2.45) is 5.73 Å². The van der Waals surface area contributed by atoms with Gasteiger partial charge in [-0.05, 0) is 6.42 Å². The third-order valence-corrected chi connectivity index (χ3v) is 4.02. The van der Waals surface area contributed by atoms with Crippen LogP contribution in [0.25, 0.3) is 0 Å². The van der Waals surface area contributed by atoms with Crippen LogP contribution in [-0.4, -0.2) is 16.8 Å². The number of nitrogens with two attached hydrogens (primary N) is 1. The molecule has 0 fully saturated rings. The molecule has 0 spiro atoms. The highest BCUT2D eigenvalue weighted by Gasteiger charge is 2.03. The number of rotatable bonds is 5. The summed E-state index contributed by atoms with van der Waals surface area (Å²) in [5.74, 6) is 0.995. The monoisotopic (exact) mass is 216 g/mol. The molecule has 13 heavy (non-hydrogen) atoms. The lowest BCUT2D eigenvalue weighted by Crippen LogP contribution is -2.12. The normalized spacial score (nSPS) is 13.2. The standard InChI is InChI=1S/C9H16N2S2/c1-3-9-11-8(6-13-9)5-12-7(2)4-10/h6-7H,3-5,10H2,1-2H3. The third-order valence-electron chi connectivity index (χ3n) is 1.75. The summed E-state index contributed by atoms with van der Waals surface area (Å²) in [5, 5.41) is 3.91. The summed E-state index contributed by atoms with van der Waals surface area (Å²) >= 11 is 3.63. The molecule has 0 radical (unpaired) electrons. The van der Waals surface area contributed by atoms with Crippen LogP contribution in [-0.2, 0) is 12.2 Å². The van der Waals surface area contributed by atoms with Gasteiger partial charge in [0.05, 0.1) is 10.7 Å². The van der Waals surface area contributed by atoms with Gasteiger partial charge in [-0.15, -0.1) is 11.3 Å². The maximum atomic E-state index is 5.53. The van der Waals surface area contributed by atoms with Gasteiger partial charge in [-0.25, -0.2) is 4.98 Å². The highest BCUT2D eigenvalue weighted by molar-refractivity contribution is 7.99. The maximum Gasteiger partial charge on any atom is 0.0925 e. The molecule has 0 saturated heterocycles. The summed E-state index contributed by atoms with van der Waals surface area (Å²) in [6, 6.07) is 0. The number of hydrogen-bond acceptors (Lipinski definition) is 4. The molecule has 0 bridgehead atoms. The van der Waals surface area contributed by atoms with E-state index in [1.165, 1.54) is 10.7 Å². The van der Waals surface area contributed by atoms with Gasteiger partial charge < -0.3 is 5.73 Å². The Balaban J connectivity index is 2.36. The molecule has 1 heterocycles. The zero-order valence-corrected chi connectivity index (χ0v) is 9.75. The van der Waals surface area contributed by atoms with Crippen molar-refractivity contribution in [3.05, 3.63) is 16.1 Å². The summed E-state index contributed by atoms with van der Waals surface area (Å²) in [6.07, 6.45) is 1.04. The third kappa shape index (κ3) is 3.67. The Morgan fingerprint density at radius 3 is 3.00 bits per heavy atom. The number of aryl methyl sites for hydroxylation is 1. The minimum absolute atomic E-state index is 0.534. The van der Waals surface area contributed by atoms with E-state index in [9.17, 15) is 0 Å². The average molecular weight is 216 g/mol. The molecule has 1 aromatic heterocycles. The van der Waals surface area contributed by atoms with Gasteiger partial charge in [-0.1, -0.05) is 13.8 Å². The molecule has 1 aromatic rings. The molecule has 0 aromatic carbocycles. The fraction of sp³-hybridized carbons (Fsp3) is 0.667. The highest BCUT2D eigenvalue weighted by Crippen LogP contribution is 2.18. The fourth-order valence-electron chi connectivity index (χ4n) is 0.873. The smallest absolute Gasteiger partial charge is 0.0925 e. The maximum absolute atomic E-state index is 5.53.